The number of nitrogens with zero attached hydrogens (tertiary/aromatic N) is 1. The number of rotatable bonds is 17. The molecule has 5 aliphatic heterocycles. The van der Waals surface area contributed by atoms with Gasteiger partial charge in [-0.3, -0.25) is 9.59 Å². The molecular weight excluding hydrogens is 915 g/mol. The highest BCUT2D eigenvalue weighted by atomic mass is 32.2. The number of benzene rings is 3. The Bertz CT molecular complexity index is 2900. The van der Waals surface area contributed by atoms with Crippen LogP contribution in [0.15, 0.2) is 51.7 Å². The van der Waals surface area contributed by atoms with Crippen LogP contribution in [-0.2, 0) is 22.6 Å². The molecule has 10 rings (SSSR count). The number of methoxy groups -OCH3 is 4. The molecule has 0 aliphatic carbocycles. The quantitative estimate of drug-likeness (QED) is 0.0245. The minimum Gasteiger partial charge on any atom is -0.493 e. The lowest BCUT2D eigenvalue weighted by molar-refractivity contribution is -0.135. The van der Waals surface area contributed by atoms with E-state index in [1.165, 1.54) is 20.3 Å². The van der Waals surface area contributed by atoms with Crippen LogP contribution in [0.1, 0.15) is 56.9 Å². The molecule has 5 aliphatic rings. The molecule has 7 heterocycles. The maximum Gasteiger partial charge on any atom is 0.361 e. The summed E-state index contributed by atoms with van der Waals surface area (Å²) < 4.78 is 43.0. The molecule has 0 radical (unpaired) electrons. The van der Waals surface area contributed by atoms with Crippen LogP contribution < -0.4 is 55.3 Å². The van der Waals surface area contributed by atoms with Crippen LogP contribution in [0, 0.1) is 0 Å². The number of carbonyl (C=O) groups excluding carboxylic acids is 4. The van der Waals surface area contributed by atoms with E-state index in [-0.39, 0.29) is 77.2 Å². The molecule has 358 valence electrons. The van der Waals surface area contributed by atoms with Gasteiger partial charge in [-0.15, -0.1) is 0 Å². The first-order valence-electron chi connectivity index (χ1n) is 23.0. The van der Waals surface area contributed by atoms with Gasteiger partial charge in [0.2, 0.25) is 0 Å². The van der Waals surface area contributed by atoms with Gasteiger partial charge in [0.25, 0.3) is 0 Å². The zero-order chi connectivity index (χ0) is 47.2. The van der Waals surface area contributed by atoms with Gasteiger partial charge >= 0.3 is 29.6 Å². The van der Waals surface area contributed by atoms with Crippen LogP contribution >= 0.6 is 23.5 Å². The summed E-state index contributed by atoms with van der Waals surface area (Å²) in [4.78, 5) is 64.5. The SMILES string of the molecule is COc1cc2c(cc1OC)-c1c(-c3ccc(OC(=O)CCCC[C@@H]4SC[C@@H]5NC(=O)N[C@@H]54)c(OC)c3)c3c4cc(OC)c(OC(=O)CCCC[C@@H]5SC[C@@H]6NC(=O)N[C@@H]65)cc4oc(=O)c3n1CC2. The normalized spacial score (nSPS) is 22.1. The summed E-state index contributed by atoms with van der Waals surface area (Å²) in [6, 6.07) is 12.7. The highest BCUT2D eigenvalue weighted by molar-refractivity contribution is 8.00. The second kappa shape index (κ2) is 19.1. The molecule has 2 aromatic heterocycles. The minimum absolute atomic E-state index is 0.0978. The van der Waals surface area contributed by atoms with Gasteiger partial charge in [-0.25, -0.2) is 14.4 Å². The number of carbonyl (C=O) groups is 4. The summed E-state index contributed by atoms with van der Waals surface area (Å²) in [5, 5.41) is 13.7. The van der Waals surface area contributed by atoms with E-state index in [0.29, 0.717) is 75.7 Å². The number of hydrogen-bond acceptors (Lipinski definition) is 14. The van der Waals surface area contributed by atoms with Gasteiger partial charge in [0.1, 0.15) is 11.1 Å². The second-order valence-electron chi connectivity index (χ2n) is 17.7. The Balaban J connectivity index is 0.946. The Kier molecular flexibility index (Phi) is 12.8. The standard InChI is InChI=1S/C49H53N5O12S2/c1-60-32-18-25(13-14-30(32)64-39(55)11-7-5-9-37-43-28(22-67-37)50-48(58)52-43)41-42-27-20-35(63-4)36(65-40(56)12-8-6-10-38-44-29(23-68-38)51-49(59)53-44)21-31(27)66-47(57)46(42)54-16-15-24-17-33(61-2)34(62-3)19-26(24)45(41)54/h13-14,17-21,28-29,37-38,43-44H,5-12,15-16,22-23H2,1-4H3,(H2,50,52,58)(H2,51,53,59)/t28-,29-,37-,38-,43-,44-/m0/s1. The van der Waals surface area contributed by atoms with E-state index in [1.807, 2.05) is 46.3 Å². The summed E-state index contributed by atoms with van der Waals surface area (Å²) in [6.45, 7) is 0.447. The molecule has 4 amide bonds. The molecule has 4 N–H and O–H groups in total. The number of urea groups is 2. The van der Waals surface area contributed by atoms with E-state index < -0.39 is 17.6 Å². The fourth-order valence-corrected chi connectivity index (χ4v) is 13.5. The lowest BCUT2D eigenvalue weighted by Crippen LogP contribution is -2.36. The summed E-state index contributed by atoms with van der Waals surface area (Å²) in [5.74, 6) is 2.96. The third-order valence-corrected chi connectivity index (χ3v) is 16.7. The number of hydrogen-bond donors (Lipinski definition) is 4. The molecule has 4 fully saturated rings. The Labute approximate surface area is 400 Å². The lowest BCUT2D eigenvalue weighted by Gasteiger charge is -2.23. The van der Waals surface area contributed by atoms with Crippen molar-refractivity contribution in [2.45, 2.75) is 99.0 Å². The molecule has 5 aromatic rings. The van der Waals surface area contributed by atoms with E-state index in [4.69, 9.17) is 32.8 Å². The molecule has 17 nitrogen and oxygen atoms in total. The Morgan fingerprint density at radius 1 is 0.676 bits per heavy atom. The number of aryl methyl sites for hydroxylation is 2. The van der Waals surface area contributed by atoms with Gasteiger partial charge in [-0.2, -0.15) is 23.5 Å². The first kappa shape index (κ1) is 45.6. The van der Waals surface area contributed by atoms with Gasteiger partial charge in [0.15, 0.2) is 34.5 Å². The van der Waals surface area contributed by atoms with Crippen molar-refractivity contribution in [2.24, 2.45) is 0 Å². The molecule has 0 unspecified atom stereocenters. The Hall–Kier alpha value is -6.21. The largest absolute Gasteiger partial charge is 0.493 e. The van der Waals surface area contributed by atoms with Crippen LogP contribution in [0.25, 0.3) is 44.3 Å². The van der Waals surface area contributed by atoms with Gasteiger partial charge in [-0.05, 0) is 73.6 Å². The fourth-order valence-electron chi connectivity index (χ4n) is 10.4. The zero-order valence-electron chi connectivity index (χ0n) is 38.2. The van der Waals surface area contributed by atoms with E-state index in [1.54, 1.807) is 32.4 Å². The lowest BCUT2D eigenvalue weighted by atomic mass is 9.91. The van der Waals surface area contributed by atoms with E-state index in [2.05, 4.69) is 21.3 Å². The van der Waals surface area contributed by atoms with Gasteiger partial charge < -0.3 is 58.7 Å². The summed E-state index contributed by atoms with van der Waals surface area (Å²) in [7, 11) is 6.16. The van der Waals surface area contributed by atoms with Crippen molar-refractivity contribution in [1.29, 1.82) is 0 Å². The highest BCUT2D eigenvalue weighted by Gasteiger charge is 2.44. The average molecular weight is 968 g/mol. The predicted octanol–water partition coefficient (Wildman–Crippen LogP) is 6.93. The molecule has 4 saturated heterocycles. The first-order chi connectivity index (χ1) is 33.0. The fraction of sp³-hybridized carbons (Fsp3) is 0.449. The van der Waals surface area contributed by atoms with E-state index in [0.717, 1.165) is 54.0 Å². The number of unbranched alkanes of at least 4 members (excludes halogenated alkanes) is 2. The maximum atomic E-state index is 14.3. The molecule has 0 bridgehead atoms. The van der Waals surface area contributed by atoms with Crippen LogP contribution in [0.2, 0.25) is 0 Å². The van der Waals surface area contributed by atoms with Gasteiger partial charge in [0, 0.05) is 69.4 Å². The minimum atomic E-state index is -0.583. The number of esters is 2. The number of aromatic nitrogens is 1. The van der Waals surface area contributed by atoms with Crippen molar-refractivity contribution in [1.82, 2.24) is 25.8 Å². The summed E-state index contributed by atoms with van der Waals surface area (Å²) in [6.07, 6.45) is 5.53. The average Bonchev–Trinajstić information content (AvgIpc) is 4.16. The van der Waals surface area contributed by atoms with Crippen molar-refractivity contribution in [3.8, 4) is 56.9 Å². The summed E-state index contributed by atoms with van der Waals surface area (Å²) >= 11 is 3.68. The molecule has 0 saturated carbocycles. The van der Waals surface area contributed by atoms with Crippen molar-refractivity contribution >= 4 is 69.4 Å². The van der Waals surface area contributed by atoms with Crippen molar-refractivity contribution in [3.63, 3.8) is 0 Å². The molecular formula is C49H53N5O12S2. The summed E-state index contributed by atoms with van der Waals surface area (Å²) in [5.41, 5.74) is 3.85. The second-order valence-corrected chi connectivity index (χ2v) is 20.2. The monoisotopic (exact) mass is 967 g/mol. The molecule has 0 spiro atoms. The zero-order valence-corrected chi connectivity index (χ0v) is 39.8. The number of thioether (sulfide) groups is 2. The van der Waals surface area contributed by atoms with Gasteiger partial charge in [0.05, 0.1) is 58.3 Å². The Morgan fingerprint density at radius 3 is 1.87 bits per heavy atom. The predicted molar refractivity (Wildman–Crippen MR) is 258 cm³/mol. The number of fused-ring (bicyclic) bond motifs is 9. The molecule has 6 atom stereocenters. The molecule has 19 heteroatoms. The Morgan fingerprint density at radius 2 is 1.25 bits per heavy atom. The highest BCUT2D eigenvalue weighted by Crippen LogP contribution is 2.50. The third-order valence-electron chi connectivity index (χ3n) is 13.7. The number of amides is 4. The molecule has 68 heavy (non-hydrogen) atoms. The van der Waals surface area contributed by atoms with Crippen molar-refractivity contribution < 1.29 is 52.0 Å². The number of nitrogens with one attached hydrogen (secondary N) is 4. The van der Waals surface area contributed by atoms with Crippen LogP contribution in [-0.4, -0.2) is 103 Å². The number of ether oxygens (including phenoxy) is 6. The van der Waals surface area contributed by atoms with Crippen LogP contribution in [0.5, 0.6) is 34.5 Å². The van der Waals surface area contributed by atoms with Crippen LogP contribution in [0.4, 0.5) is 9.59 Å². The maximum absolute atomic E-state index is 14.3. The smallest absolute Gasteiger partial charge is 0.361 e. The van der Waals surface area contributed by atoms with E-state index in [9.17, 15) is 24.0 Å². The van der Waals surface area contributed by atoms with Crippen LogP contribution in [0.3, 0.4) is 0 Å². The van der Waals surface area contributed by atoms with Gasteiger partial charge in [-0.1, -0.05) is 18.9 Å². The van der Waals surface area contributed by atoms with Crippen molar-refractivity contribution in [3.05, 3.63) is 58.4 Å². The van der Waals surface area contributed by atoms with Crippen molar-refractivity contribution in [2.75, 3.05) is 39.9 Å². The third kappa shape index (κ3) is 8.51. The molecule has 3 aromatic carbocycles. The van der Waals surface area contributed by atoms with E-state index >= 15 is 0 Å². The first-order valence-corrected chi connectivity index (χ1v) is 25.1. The topological polar surface area (TPSA) is 207 Å².